The van der Waals surface area contributed by atoms with Gasteiger partial charge in [-0.15, -0.1) is 0 Å². The maximum absolute atomic E-state index is 14.3. The first-order valence-corrected chi connectivity index (χ1v) is 6.80. The molecule has 7 nitrogen and oxygen atoms in total. The summed E-state index contributed by atoms with van der Waals surface area (Å²) in [5, 5.41) is 12.5. The molecule has 0 spiro atoms. The van der Waals surface area contributed by atoms with Crippen LogP contribution in [0.2, 0.25) is 0 Å². The average molecular weight is 301 g/mol. The summed E-state index contributed by atoms with van der Waals surface area (Å²) in [6, 6.07) is 6.54. The molecule has 0 N–H and O–H groups in total. The van der Waals surface area contributed by atoms with Gasteiger partial charge in [0, 0.05) is 10.5 Å². The van der Waals surface area contributed by atoms with Crippen LogP contribution >= 0.6 is 0 Å². The SMILES string of the molecule is N#CC1(c2ccc(N3CC(CN=[N+]=[N-])OC3=O)cc2F)CC1. The Hall–Kier alpha value is -2.78. The van der Waals surface area contributed by atoms with Crippen molar-refractivity contribution in [2.45, 2.75) is 24.4 Å². The van der Waals surface area contributed by atoms with Crippen LogP contribution in [0.3, 0.4) is 0 Å². The van der Waals surface area contributed by atoms with E-state index in [0.29, 0.717) is 24.1 Å². The lowest BCUT2D eigenvalue weighted by atomic mass is 9.97. The van der Waals surface area contributed by atoms with Crippen molar-refractivity contribution in [3.63, 3.8) is 0 Å². The lowest BCUT2D eigenvalue weighted by Crippen LogP contribution is -2.25. The second kappa shape index (κ2) is 5.20. The summed E-state index contributed by atoms with van der Waals surface area (Å²) in [5.41, 5.74) is 8.30. The Morgan fingerprint density at radius 1 is 1.59 bits per heavy atom. The molecule has 3 rings (SSSR count). The van der Waals surface area contributed by atoms with E-state index in [4.69, 9.17) is 15.5 Å². The molecule has 2 fully saturated rings. The van der Waals surface area contributed by atoms with Crippen LogP contribution in [0.25, 0.3) is 10.4 Å². The van der Waals surface area contributed by atoms with Crippen LogP contribution in [0.1, 0.15) is 18.4 Å². The van der Waals surface area contributed by atoms with E-state index in [1.165, 1.54) is 11.0 Å². The maximum atomic E-state index is 14.3. The number of anilines is 1. The highest BCUT2D eigenvalue weighted by atomic mass is 19.1. The van der Waals surface area contributed by atoms with E-state index in [9.17, 15) is 9.18 Å². The predicted octanol–water partition coefficient (Wildman–Crippen LogP) is 3.02. The molecule has 1 aromatic carbocycles. The fraction of sp³-hybridized carbons (Fsp3) is 0.429. The lowest BCUT2D eigenvalue weighted by Gasteiger charge is -2.15. The molecule has 2 aliphatic rings. The second-order valence-electron chi connectivity index (χ2n) is 5.39. The van der Waals surface area contributed by atoms with Crippen molar-refractivity contribution in [3.05, 3.63) is 40.0 Å². The van der Waals surface area contributed by atoms with Gasteiger partial charge in [0.15, 0.2) is 0 Å². The van der Waals surface area contributed by atoms with Crippen molar-refractivity contribution in [1.29, 1.82) is 5.26 Å². The Morgan fingerprint density at radius 2 is 2.36 bits per heavy atom. The molecule has 1 aliphatic carbocycles. The van der Waals surface area contributed by atoms with Crippen molar-refractivity contribution in [2.75, 3.05) is 18.0 Å². The number of halogens is 1. The molecule has 1 aromatic rings. The molecular weight excluding hydrogens is 289 g/mol. The van der Waals surface area contributed by atoms with E-state index < -0.39 is 23.4 Å². The third-order valence-corrected chi connectivity index (χ3v) is 3.97. The second-order valence-corrected chi connectivity index (χ2v) is 5.39. The van der Waals surface area contributed by atoms with Crippen molar-refractivity contribution >= 4 is 11.8 Å². The third kappa shape index (κ3) is 2.32. The number of carbonyl (C=O) groups is 1. The summed E-state index contributed by atoms with van der Waals surface area (Å²) in [6.45, 7) is 0.233. The molecular formula is C14H12FN5O2. The van der Waals surface area contributed by atoms with E-state index in [0.717, 1.165) is 0 Å². The molecule has 1 aliphatic heterocycles. The predicted molar refractivity (Wildman–Crippen MR) is 74.6 cm³/mol. The van der Waals surface area contributed by atoms with Gasteiger partial charge in [-0.1, -0.05) is 11.2 Å². The first-order chi connectivity index (χ1) is 10.6. The number of azide groups is 1. The first kappa shape index (κ1) is 14.2. The molecule has 1 saturated carbocycles. The van der Waals surface area contributed by atoms with Gasteiger partial charge < -0.3 is 4.74 Å². The number of hydrogen-bond acceptors (Lipinski definition) is 4. The number of benzene rings is 1. The van der Waals surface area contributed by atoms with Gasteiger partial charge in [-0.25, -0.2) is 9.18 Å². The van der Waals surface area contributed by atoms with Crippen LogP contribution in [0.5, 0.6) is 0 Å². The summed E-state index contributed by atoms with van der Waals surface area (Å²) in [6.07, 6.45) is 0.159. The van der Waals surface area contributed by atoms with Gasteiger partial charge in [0.25, 0.3) is 0 Å². The third-order valence-electron chi connectivity index (χ3n) is 3.97. The van der Waals surface area contributed by atoms with Gasteiger partial charge in [-0.3, -0.25) is 4.90 Å². The number of amides is 1. The number of carbonyl (C=O) groups excluding carboxylic acids is 1. The minimum Gasteiger partial charge on any atom is -0.444 e. The number of cyclic esters (lactones) is 1. The molecule has 8 heteroatoms. The van der Waals surface area contributed by atoms with E-state index in [-0.39, 0.29) is 13.1 Å². The summed E-state index contributed by atoms with van der Waals surface area (Å²) in [5.74, 6) is -0.497. The first-order valence-electron chi connectivity index (χ1n) is 6.80. The fourth-order valence-corrected chi connectivity index (χ4v) is 2.58. The summed E-state index contributed by atoms with van der Waals surface area (Å²) in [7, 11) is 0. The normalized spacial score (nSPS) is 21.7. The number of hydrogen-bond donors (Lipinski definition) is 0. The van der Waals surface area contributed by atoms with Crippen LogP contribution in [0, 0.1) is 17.1 Å². The summed E-state index contributed by atoms with van der Waals surface area (Å²) < 4.78 is 19.3. The highest BCUT2D eigenvalue weighted by molar-refractivity contribution is 5.89. The zero-order chi connectivity index (χ0) is 15.7. The van der Waals surface area contributed by atoms with Gasteiger partial charge in [0.05, 0.1) is 30.3 Å². The van der Waals surface area contributed by atoms with E-state index >= 15 is 0 Å². The molecule has 0 aromatic heterocycles. The Labute approximate surface area is 125 Å². The van der Waals surface area contributed by atoms with Gasteiger partial charge in [0.2, 0.25) is 0 Å². The Morgan fingerprint density at radius 3 is 2.95 bits per heavy atom. The zero-order valence-corrected chi connectivity index (χ0v) is 11.6. The van der Waals surface area contributed by atoms with Gasteiger partial charge in [-0.05, 0) is 30.5 Å². The molecule has 1 unspecified atom stereocenters. The Kier molecular flexibility index (Phi) is 3.35. The monoisotopic (exact) mass is 301 g/mol. The highest BCUT2D eigenvalue weighted by Gasteiger charge is 2.47. The largest absolute Gasteiger partial charge is 0.444 e. The summed E-state index contributed by atoms with van der Waals surface area (Å²) in [4.78, 5) is 15.7. The van der Waals surface area contributed by atoms with E-state index in [2.05, 4.69) is 16.1 Å². The van der Waals surface area contributed by atoms with Crippen LogP contribution < -0.4 is 4.90 Å². The van der Waals surface area contributed by atoms with Gasteiger partial charge in [0.1, 0.15) is 11.9 Å². The quantitative estimate of drug-likeness (QED) is 0.485. The average Bonchev–Trinajstić information content (AvgIpc) is 3.22. The molecule has 22 heavy (non-hydrogen) atoms. The molecule has 0 radical (unpaired) electrons. The van der Waals surface area contributed by atoms with Crippen molar-refractivity contribution in [1.82, 2.24) is 0 Å². The molecule has 112 valence electrons. The minimum atomic E-state index is -0.710. The van der Waals surface area contributed by atoms with Gasteiger partial charge in [-0.2, -0.15) is 5.26 Å². The highest BCUT2D eigenvalue weighted by Crippen LogP contribution is 2.48. The number of nitriles is 1. The van der Waals surface area contributed by atoms with Crippen LogP contribution in [0.15, 0.2) is 23.3 Å². The minimum absolute atomic E-state index is 0.0385. The summed E-state index contributed by atoms with van der Waals surface area (Å²) >= 11 is 0. The molecule has 1 amide bonds. The van der Waals surface area contributed by atoms with Gasteiger partial charge >= 0.3 is 6.09 Å². The number of rotatable bonds is 4. The van der Waals surface area contributed by atoms with Crippen molar-refractivity contribution in [2.24, 2.45) is 5.11 Å². The van der Waals surface area contributed by atoms with Crippen molar-refractivity contribution in [3.8, 4) is 6.07 Å². The maximum Gasteiger partial charge on any atom is 0.414 e. The van der Waals surface area contributed by atoms with Crippen LogP contribution in [-0.4, -0.2) is 25.3 Å². The van der Waals surface area contributed by atoms with Crippen LogP contribution in [-0.2, 0) is 10.2 Å². The standard InChI is InChI=1S/C14H12FN5O2/c15-12-5-9(1-2-11(12)14(8-16)3-4-14)20-7-10(6-18-19-17)22-13(20)21/h1-2,5,10H,3-4,6-7H2. The number of ether oxygens (including phenoxy) is 1. The smallest absolute Gasteiger partial charge is 0.414 e. The van der Waals surface area contributed by atoms with E-state index in [1.807, 2.05) is 0 Å². The fourth-order valence-electron chi connectivity index (χ4n) is 2.58. The molecule has 1 atom stereocenters. The Bertz CT molecular complexity index is 718. The molecule has 0 bridgehead atoms. The Balaban J connectivity index is 1.81. The lowest BCUT2D eigenvalue weighted by molar-refractivity contribution is 0.145. The topological polar surface area (TPSA) is 102 Å². The molecule has 1 heterocycles. The van der Waals surface area contributed by atoms with E-state index in [1.54, 1.807) is 12.1 Å². The zero-order valence-electron chi connectivity index (χ0n) is 11.6. The van der Waals surface area contributed by atoms with Crippen molar-refractivity contribution < 1.29 is 13.9 Å². The van der Waals surface area contributed by atoms with Crippen LogP contribution in [0.4, 0.5) is 14.9 Å². The number of nitrogens with zero attached hydrogens (tertiary/aromatic N) is 5. The molecule has 1 saturated heterocycles.